The van der Waals surface area contributed by atoms with Crippen LogP contribution in [0.2, 0.25) is 0 Å². The largest absolute Gasteiger partial charge is 0.457 e. The first kappa shape index (κ1) is 21.1. The zero-order chi connectivity index (χ0) is 23.0. The third-order valence-corrected chi connectivity index (χ3v) is 5.08. The van der Waals surface area contributed by atoms with Gasteiger partial charge in [-0.15, -0.1) is 0 Å². The average Bonchev–Trinajstić information content (AvgIpc) is 3.21. The van der Waals surface area contributed by atoms with Crippen molar-refractivity contribution in [1.29, 1.82) is 0 Å². The summed E-state index contributed by atoms with van der Waals surface area (Å²) in [6.45, 7) is 1.78. The van der Waals surface area contributed by atoms with Gasteiger partial charge in [0.05, 0.1) is 10.6 Å². The van der Waals surface area contributed by atoms with Gasteiger partial charge in [0.1, 0.15) is 22.9 Å². The second-order valence-corrected chi connectivity index (χ2v) is 7.28. The zero-order valence-electron chi connectivity index (χ0n) is 16.5. The number of anilines is 1. The number of amides is 2. The highest BCUT2D eigenvalue weighted by molar-refractivity contribution is 7.80. The molecule has 0 unspecified atom stereocenters. The number of nitrogens with one attached hydrogen (secondary N) is 1. The molecule has 0 aliphatic carbocycles. The highest BCUT2D eigenvalue weighted by Crippen LogP contribution is 2.30. The summed E-state index contributed by atoms with van der Waals surface area (Å²) in [5.41, 5.74) is 1.23. The number of nitro benzene ring substituents is 1. The number of nitrogens with zero attached hydrogens (tertiary/aromatic N) is 2. The summed E-state index contributed by atoms with van der Waals surface area (Å²) in [7, 11) is 0. The molecule has 4 rings (SSSR count). The molecule has 32 heavy (non-hydrogen) atoms. The zero-order valence-corrected chi connectivity index (χ0v) is 17.3. The van der Waals surface area contributed by atoms with Crippen LogP contribution >= 0.6 is 12.2 Å². The molecule has 0 saturated carbocycles. The van der Waals surface area contributed by atoms with Gasteiger partial charge >= 0.3 is 0 Å². The lowest BCUT2D eigenvalue weighted by atomic mass is 10.1. The Hall–Kier alpha value is -4.18. The van der Waals surface area contributed by atoms with Crippen molar-refractivity contribution in [3.8, 4) is 11.3 Å². The molecule has 0 spiro atoms. The molecular formula is C22H14FN3O5S. The van der Waals surface area contributed by atoms with Gasteiger partial charge < -0.3 is 4.42 Å². The van der Waals surface area contributed by atoms with Crippen molar-refractivity contribution in [3.63, 3.8) is 0 Å². The Morgan fingerprint density at radius 2 is 1.84 bits per heavy atom. The van der Waals surface area contributed by atoms with Gasteiger partial charge in [-0.1, -0.05) is 6.07 Å². The first-order valence-electron chi connectivity index (χ1n) is 9.27. The maximum Gasteiger partial charge on any atom is 0.270 e. The Bertz CT molecular complexity index is 1310. The number of furan rings is 1. The van der Waals surface area contributed by atoms with Gasteiger partial charge in [0.25, 0.3) is 17.5 Å². The predicted molar refractivity (Wildman–Crippen MR) is 118 cm³/mol. The molecule has 1 N–H and O–H groups in total. The number of non-ortho nitro benzene ring substituents is 1. The Labute approximate surface area is 186 Å². The summed E-state index contributed by atoms with van der Waals surface area (Å²) in [5, 5.41) is 13.4. The third kappa shape index (κ3) is 3.91. The highest BCUT2D eigenvalue weighted by atomic mass is 32.1. The summed E-state index contributed by atoms with van der Waals surface area (Å²) in [6, 6.07) is 12.6. The van der Waals surface area contributed by atoms with Crippen LogP contribution in [0.4, 0.5) is 15.8 Å². The minimum absolute atomic E-state index is 0.0906. The van der Waals surface area contributed by atoms with Crippen LogP contribution in [0, 0.1) is 22.9 Å². The van der Waals surface area contributed by atoms with Crippen molar-refractivity contribution in [3.05, 3.63) is 87.4 Å². The van der Waals surface area contributed by atoms with Crippen LogP contribution in [0.15, 0.2) is 64.6 Å². The van der Waals surface area contributed by atoms with Gasteiger partial charge in [0.2, 0.25) is 0 Å². The first-order valence-corrected chi connectivity index (χ1v) is 9.67. The second-order valence-electron chi connectivity index (χ2n) is 6.89. The monoisotopic (exact) mass is 451 g/mol. The van der Waals surface area contributed by atoms with E-state index in [0.717, 1.165) is 10.5 Å². The number of carbonyl (C=O) groups is 2. The number of hydrogen-bond acceptors (Lipinski definition) is 6. The highest BCUT2D eigenvalue weighted by Gasteiger charge is 2.34. The van der Waals surface area contributed by atoms with Crippen molar-refractivity contribution in [1.82, 2.24) is 5.32 Å². The fourth-order valence-electron chi connectivity index (χ4n) is 3.19. The van der Waals surface area contributed by atoms with Crippen molar-refractivity contribution in [2.45, 2.75) is 6.92 Å². The van der Waals surface area contributed by atoms with Crippen molar-refractivity contribution < 1.29 is 23.3 Å². The lowest BCUT2D eigenvalue weighted by Gasteiger charge is -2.28. The van der Waals surface area contributed by atoms with Crippen molar-refractivity contribution >= 4 is 46.6 Å². The molecule has 1 aromatic heterocycles. The maximum absolute atomic E-state index is 13.2. The second kappa shape index (κ2) is 8.16. The van der Waals surface area contributed by atoms with Gasteiger partial charge in [0.15, 0.2) is 5.11 Å². The van der Waals surface area contributed by atoms with E-state index in [1.165, 1.54) is 48.5 Å². The number of aryl methyl sites for hydroxylation is 1. The lowest BCUT2D eigenvalue weighted by molar-refractivity contribution is -0.384. The topological polar surface area (TPSA) is 106 Å². The maximum atomic E-state index is 13.2. The molecule has 8 nitrogen and oxygen atoms in total. The standard InChI is InChI=1S/C22H14FN3O5S/c1-12-2-5-15(26(29)30)10-17(12)19-9-8-16(31-19)11-18-20(27)24-22(32)25(21(18)28)14-6-3-13(23)4-7-14/h2-11H,1H3,(H,24,27,32)/b18-11-. The number of nitro groups is 1. The summed E-state index contributed by atoms with van der Waals surface area (Å²) in [6.07, 6.45) is 1.26. The lowest BCUT2D eigenvalue weighted by Crippen LogP contribution is -2.54. The van der Waals surface area contributed by atoms with Crippen LogP contribution in [0.3, 0.4) is 0 Å². The summed E-state index contributed by atoms with van der Waals surface area (Å²) < 4.78 is 19.0. The molecule has 1 aliphatic heterocycles. The third-order valence-electron chi connectivity index (χ3n) is 4.80. The van der Waals surface area contributed by atoms with E-state index in [1.807, 2.05) is 0 Å². The molecule has 1 fully saturated rings. The molecule has 1 aliphatic rings. The summed E-state index contributed by atoms with van der Waals surface area (Å²) >= 11 is 5.10. The van der Waals surface area contributed by atoms with Crippen molar-refractivity contribution in [2.24, 2.45) is 0 Å². The SMILES string of the molecule is Cc1ccc([N+](=O)[O-])cc1-c1ccc(/C=C2/C(=O)NC(=S)N(c3ccc(F)cc3)C2=O)o1. The molecule has 10 heteroatoms. The quantitative estimate of drug-likeness (QED) is 0.210. The predicted octanol–water partition coefficient (Wildman–Crippen LogP) is 4.13. The number of rotatable bonds is 4. The van der Waals surface area contributed by atoms with Crippen molar-refractivity contribution in [2.75, 3.05) is 4.90 Å². The molecule has 0 radical (unpaired) electrons. The van der Waals surface area contributed by atoms with E-state index in [1.54, 1.807) is 19.1 Å². The molecule has 160 valence electrons. The number of carbonyl (C=O) groups excluding carboxylic acids is 2. The smallest absolute Gasteiger partial charge is 0.270 e. The molecule has 0 atom stereocenters. The van der Waals surface area contributed by atoms with Crippen LogP contribution in [0.5, 0.6) is 0 Å². The van der Waals surface area contributed by atoms with E-state index in [0.29, 0.717) is 17.0 Å². The minimum Gasteiger partial charge on any atom is -0.457 e. The molecule has 2 aromatic carbocycles. The number of benzene rings is 2. The van der Waals surface area contributed by atoms with E-state index in [4.69, 9.17) is 16.6 Å². The fraction of sp³-hybridized carbons (Fsp3) is 0.0455. The molecular weight excluding hydrogens is 437 g/mol. The molecule has 3 aromatic rings. The number of thiocarbonyl (C=S) groups is 1. The van der Waals surface area contributed by atoms with Crippen LogP contribution in [-0.2, 0) is 9.59 Å². The Morgan fingerprint density at radius 1 is 1.12 bits per heavy atom. The summed E-state index contributed by atoms with van der Waals surface area (Å²) in [4.78, 5) is 37.0. The van der Waals surface area contributed by atoms with Gasteiger partial charge in [0, 0.05) is 17.7 Å². The fourth-order valence-corrected chi connectivity index (χ4v) is 3.47. The minimum atomic E-state index is -0.706. The van der Waals surface area contributed by atoms with Gasteiger partial charge in [-0.05, 0) is 67.2 Å². The first-order chi connectivity index (χ1) is 15.2. The van der Waals surface area contributed by atoms with Crippen LogP contribution in [-0.4, -0.2) is 21.9 Å². The van der Waals surface area contributed by atoms with Gasteiger partial charge in [-0.2, -0.15) is 0 Å². The Kier molecular flexibility index (Phi) is 5.37. The van der Waals surface area contributed by atoms with E-state index in [-0.39, 0.29) is 22.1 Å². The Balaban J connectivity index is 1.69. The van der Waals surface area contributed by atoms with Gasteiger partial charge in [-0.3, -0.25) is 29.9 Å². The van der Waals surface area contributed by atoms with E-state index >= 15 is 0 Å². The molecule has 1 saturated heterocycles. The molecule has 2 amide bonds. The normalized spacial score (nSPS) is 15.2. The van der Waals surface area contributed by atoms with Crippen LogP contribution < -0.4 is 10.2 Å². The molecule has 2 heterocycles. The summed E-state index contributed by atoms with van der Waals surface area (Å²) in [5.74, 6) is -1.36. The van der Waals surface area contributed by atoms with E-state index in [9.17, 15) is 24.1 Å². The Morgan fingerprint density at radius 3 is 2.53 bits per heavy atom. The van der Waals surface area contributed by atoms with Crippen LogP contribution in [0.25, 0.3) is 17.4 Å². The van der Waals surface area contributed by atoms with Crippen LogP contribution in [0.1, 0.15) is 11.3 Å². The molecule has 0 bridgehead atoms. The van der Waals surface area contributed by atoms with E-state index in [2.05, 4.69) is 5.32 Å². The van der Waals surface area contributed by atoms with Gasteiger partial charge in [-0.25, -0.2) is 4.39 Å². The average molecular weight is 451 g/mol. The van der Waals surface area contributed by atoms with E-state index < -0.39 is 22.6 Å². The number of halogens is 1. The number of hydrogen-bond donors (Lipinski definition) is 1.